The minimum absolute atomic E-state index is 0.0182. The lowest BCUT2D eigenvalue weighted by molar-refractivity contribution is 0.301. The lowest BCUT2D eigenvalue weighted by Crippen LogP contribution is -2.20. The van der Waals surface area contributed by atoms with Crippen molar-refractivity contribution in [3.63, 3.8) is 0 Å². The molecule has 0 fully saturated rings. The van der Waals surface area contributed by atoms with Crippen molar-refractivity contribution in [2.45, 2.75) is 13.0 Å². The van der Waals surface area contributed by atoms with Gasteiger partial charge in [0.2, 0.25) is 0 Å². The van der Waals surface area contributed by atoms with Gasteiger partial charge >= 0.3 is 0 Å². The van der Waals surface area contributed by atoms with Gasteiger partial charge in [-0.15, -0.1) is 0 Å². The highest BCUT2D eigenvalue weighted by molar-refractivity contribution is 5.87. The number of hydrogen-bond donors (Lipinski definition) is 1. The minimum atomic E-state index is -0.0182. The van der Waals surface area contributed by atoms with Gasteiger partial charge in [-0.1, -0.05) is 12.1 Å². The fourth-order valence-corrected chi connectivity index (χ4v) is 2.67. The summed E-state index contributed by atoms with van der Waals surface area (Å²) in [5.41, 5.74) is 6.37. The van der Waals surface area contributed by atoms with Crippen molar-refractivity contribution in [1.82, 2.24) is 4.57 Å². The third-order valence-electron chi connectivity index (χ3n) is 3.87. The Labute approximate surface area is 140 Å². The number of hydrogen-bond acceptors (Lipinski definition) is 4. The molecular formula is C19H20N2O3. The molecule has 0 radical (unpaired) electrons. The Hall–Kier alpha value is -2.95. The molecule has 24 heavy (non-hydrogen) atoms. The molecule has 0 spiro atoms. The molecule has 3 aromatic rings. The van der Waals surface area contributed by atoms with Crippen molar-refractivity contribution in [2.75, 3.05) is 19.5 Å². The van der Waals surface area contributed by atoms with E-state index in [2.05, 4.69) is 0 Å². The second-order valence-corrected chi connectivity index (χ2v) is 5.51. The normalized spacial score (nSPS) is 10.7. The van der Waals surface area contributed by atoms with Crippen LogP contribution in [0.5, 0.6) is 11.5 Å². The summed E-state index contributed by atoms with van der Waals surface area (Å²) in [7, 11) is 1.61. The molecule has 124 valence electrons. The Balaban J connectivity index is 1.67. The van der Waals surface area contributed by atoms with Crippen LogP contribution >= 0.6 is 0 Å². The quantitative estimate of drug-likeness (QED) is 0.559. The van der Waals surface area contributed by atoms with Gasteiger partial charge in [0.05, 0.1) is 19.1 Å². The second kappa shape index (κ2) is 7.08. The predicted octanol–water partition coefficient (Wildman–Crippen LogP) is 3.06. The first-order valence-electron chi connectivity index (χ1n) is 7.83. The number of nitrogens with zero attached hydrogens (tertiary/aromatic N) is 1. The molecule has 0 bridgehead atoms. The van der Waals surface area contributed by atoms with E-state index in [-0.39, 0.29) is 5.56 Å². The molecule has 5 heteroatoms. The zero-order chi connectivity index (χ0) is 16.9. The zero-order valence-corrected chi connectivity index (χ0v) is 13.6. The van der Waals surface area contributed by atoms with Crippen LogP contribution < -0.4 is 20.8 Å². The van der Waals surface area contributed by atoms with E-state index >= 15 is 0 Å². The van der Waals surface area contributed by atoms with E-state index in [0.29, 0.717) is 30.0 Å². The van der Waals surface area contributed by atoms with E-state index in [1.54, 1.807) is 23.9 Å². The maximum absolute atomic E-state index is 12.6. The number of ether oxygens (including phenoxy) is 2. The van der Waals surface area contributed by atoms with Crippen LogP contribution in [0, 0.1) is 0 Å². The molecule has 1 aromatic heterocycles. The monoisotopic (exact) mass is 324 g/mol. The van der Waals surface area contributed by atoms with Crippen LogP contribution in [0.4, 0.5) is 5.69 Å². The van der Waals surface area contributed by atoms with Crippen LogP contribution in [0.15, 0.2) is 59.5 Å². The molecule has 1 heterocycles. The maximum Gasteiger partial charge on any atom is 0.258 e. The largest absolute Gasteiger partial charge is 0.496 e. The van der Waals surface area contributed by atoms with Gasteiger partial charge in [-0.2, -0.15) is 0 Å². The van der Waals surface area contributed by atoms with Crippen LogP contribution in [-0.4, -0.2) is 18.3 Å². The smallest absolute Gasteiger partial charge is 0.258 e. The molecule has 0 aliphatic carbocycles. The molecule has 0 amide bonds. The van der Waals surface area contributed by atoms with Crippen molar-refractivity contribution in [1.29, 1.82) is 0 Å². The Bertz CT molecular complexity index is 902. The summed E-state index contributed by atoms with van der Waals surface area (Å²) in [6, 6.07) is 14.7. The second-order valence-electron chi connectivity index (χ2n) is 5.51. The highest BCUT2D eigenvalue weighted by atomic mass is 16.5. The van der Waals surface area contributed by atoms with Gasteiger partial charge in [-0.25, -0.2) is 0 Å². The summed E-state index contributed by atoms with van der Waals surface area (Å²) in [5, 5.41) is 1.49. The van der Waals surface area contributed by atoms with Gasteiger partial charge in [0.25, 0.3) is 5.56 Å². The van der Waals surface area contributed by atoms with Gasteiger partial charge in [0.1, 0.15) is 11.5 Å². The first-order chi connectivity index (χ1) is 11.7. The predicted molar refractivity (Wildman–Crippen MR) is 95.7 cm³/mol. The van der Waals surface area contributed by atoms with Gasteiger partial charge < -0.3 is 19.8 Å². The number of aryl methyl sites for hydroxylation is 1. The van der Waals surface area contributed by atoms with E-state index in [0.717, 1.165) is 17.6 Å². The maximum atomic E-state index is 12.6. The first kappa shape index (κ1) is 15.9. The number of benzene rings is 2. The number of rotatable bonds is 6. The average Bonchev–Trinajstić information content (AvgIpc) is 2.60. The molecule has 0 aliphatic rings. The molecule has 2 N–H and O–H groups in total. The Morgan fingerprint density at radius 1 is 1.08 bits per heavy atom. The number of aromatic nitrogens is 1. The summed E-state index contributed by atoms with van der Waals surface area (Å²) in [5.74, 6) is 1.45. The van der Waals surface area contributed by atoms with E-state index in [9.17, 15) is 4.79 Å². The average molecular weight is 324 g/mol. The van der Waals surface area contributed by atoms with Crippen molar-refractivity contribution >= 4 is 16.5 Å². The van der Waals surface area contributed by atoms with Gasteiger partial charge in [0.15, 0.2) is 0 Å². The van der Waals surface area contributed by atoms with Crippen LogP contribution in [0.2, 0.25) is 0 Å². The zero-order valence-electron chi connectivity index (χ0n) is 13.6. The van der Waals surface area contributed by atoms with E-state index in [4.69, 9.17) is 15.2 Å². The van der Waals surface area contributed by atoms with Crippen molar-refractivity contribution in [3.05, 3.63) is 65.1 Å². The van der Waals surface area contributed by atoms with Crippen LogP contribution in [-0.2, 0) is 6.54 Å². The molecule has 0 saturated heterocycles. The molecule has 0 atom stereocenters. The van der Waals surface area contributed by atoms with Crippen molar-refractivity contribution in [3.8, 4) is 11.5 Å². The van der Waals surface area contributed by atoms with Gasteiger partial charge in [-0.3, -0.25) is 4.79 Å². The van der Waals surface area contributed by atoms with Crippen LogP contribution in [0.1, 0.15) is 6.42 Å². The number of pyridine rings is 1. The summed E-state index contributed by atoms with van der Waals surface area (Å²) in [6.07, 6.45) is 2.53. The number of methoxy groups -OCH3 is 1. The minimum Gasteiger partial charge on any atom is -0.496 e. The first-order valence-corrected chi connectivity index (χ1v) is 7.83. The SMILES string of the molecule is COc1cccc2c(=O)n(CCCOc3cccc(N)c3)ccc12. The molecule has 3 rings (SSSR count). The fraction of sp³-hybridized carbons (Fsp3) is 0.211. The Morgan fingerprint density at radius 3 is 2.71 bits per heavy atom. The molecule has 0 saturated carbocycles. The topological polar surface area (TPSA) is 66.5 Å². The third kappa shape index (κ3) is 3.35. The Kier molecular flexibility index (Phi) is 4.70. The highest BCUT2D eigenvalue weighted by Crippen LogP contribution is 2.22. The van der Waals surface area contributed by atoms with Crippen LogP contribution in [0.3, 0.4) is 0 Å². The number of nitrogen functional groups attached to an aromatic ring is 1. The van der Waals surface area contributed by atoms with Crippen molar-refractivity contribution < 1.29 is 9.47 Å². The Morgan fingerprint density at radius 2 is 1.92 bits per heavy atom. The molecule has 0 aliphatic heterocycles. The lowest BCUT2D eigenvalue weighted by atomic mass is 10.1. The highest BCUT2D eigenvalue weighted by Gasteiger charge is 2.06. The summed E-state index contributed by atoms with van der Waals surface area (Å²) >= 11 is 0. The van der Waals surface area contributed by atoms with E-state index in [1.807, 2.05) is 42.5 Å². The number of anilines is 1. The van der Waals surface area contributed by atoms with E-state index in [1.165, 1.54) is 0 Å². The summed E-state index contributed by atoms with van der Waals surface area (Å²) in [6.45, 7) is 1.11. The summed E-state index contributed by atoms with van der Waals surface area (Å²) < 4.78 is 12.7. The van der Waals surface area contributed by atoms with Crippen molar-refractivity contribution in [2.24, 2.45) is 0 Å². The summed E-state index contributed by atoms with van der Waals surface area (Å²) in [4.78, 5) is 12.6. The lowest BCUT2D eigenvalue weighted by Gasteiger charge is -2.10. The molecule has 2 aromatic carbocycles. The standard InChI is InChI=1S/C19H20N2O3/c1-23-18-8-3-7-17-16(18)9-11-21(19(17)22)10-4-12-24-15-6-2-5-14(20)13-15/h2-3,5-9,11,13H,4,10,12,20H2,1H3. The molecule has 5 nitrogen and oxygen atoms in total. The fourth-order valence-electron chi connectivity index (χ4n) is 2.67. The van der Waals surface area contributed by atoms with Gasteiger partial charge in [0, 0.05) is 29.9 Å². The number of fused-ring (bicyclic) bond motifs is 1. The molecular weight excluding hydrogens is 304 g/mol. The third-order valence-corrected chi connectivity index (χ3v) is 3.87. The molecule has 0 unspecified atom stereocenters. The van der Waals surface area contributed by atoms with Crippen LogP contribution in [0.25, 0.3) is 10.8 Å². The number of nitrogens with two attached hydrogens (primary N) is 1. The van der Waals surface area contributed by atoms with E-state index < -0.39 is 0 Å². The van der Waals surface area contributed by atoms with Gasteiger partial charge in [-0.05, 0) is 36.8 Å².